The number of allylic oxidation sites excluding steroid dienone is 2. The first kappa shape index (κ1) is 27.6. The van der Waals surface area contributed by atoms with Gasteiger partial charge in [0.05, 0.1) is 7.11 Å². The van der Waals surface area contributed by atoms with Gasteiger partial charge in [0.2, 0.25) is 5.82 Å². The summed E-state index contributed by atoms with van der Waals surface area (Å²) in [6, 6.07) is 3.28. The Kier molecular flexibility index (Phi) is 12.4. The Bertz CT molecular complexity index is 609. The lowest BCUT2D eigenvalue weighted by atomic mass is 9.68. The molecule has 0 N–H and O–H groups in total. The summed E-state index contributed by atoms with van der Waals surface area (Å²) in [4.78, 5) is 0. The van der Waals surface area contributed by atoms with Gasteiger partial charge in [-0.2, -0.15) is 4.39 Å². The predicted molar refractivity (Wildman–Crippen MR) is 123 cm³/mol. The van der Waals surface area contributed by atoms with Crippen LogP contribution in [0.1, 0.15) is 98.5 Å². The van der Waals surface area contributed by atoms with E-state index in [-0.39, 0.29) is 33.9 Å². The highest BCUT2D eigenvalue weighted by molar-refractivity contribution is 5.33. The van der Waals surface area contributed by atoms with Crippen molar-refractivity contribution in [1.82, 2.24) is 0 Å². The van der Waals surface area contributed by atoms with Gasteiger partial charge in [0.1, 0.15) is 0 Å². The maximum absolute atomic E-state index is 14.4. The highest BCUT2D eigenvalue weighted by Crippen LogP contribution is 2.45. The minimum Gasteiger partial charge on any atom is -0.494 e. The minimum absolute atomic E-state index is 0. The van der Waals surface area contributed by atoms with E-state index >= 15 is 0 Å². The fraction of sp³-hybridized carbons (Fsp3) is 0.692. The van der Waals surface area contributed by atoms with E-state index in [1.807, 2.05) is 0 Å². The zero-order valence-electron chi connectivity index (χ0n) is 16.1. The molecule has 0 aliphatic heterocycles. The third kappa shape index (κ3) is 6.55. The largest absolute Gasteiger partial charge is 0.494 e. The minimum atomic E-state index is -0.841. The molecule has 2 aliphatic rings. The van der Waals surface area contributed by atoms with Gasteiger partial charge in [-0.25, -0.2) is 4.39 Å². The Morgan fingerprint density at radius 1 is 0.862 bits per heavy atom. The van der Waals surface area contributed by atoms with Crippen molar-refractivity contribution in [1.29, 1.82) is 0 Å². The van der Waals surface area contributed by atoms with Crippen LogP contribution < -0.4 is 4.74 Å². The number of ether oxygens (including phenoxy) is 1. The predicted octanol–water partition coefficient (Wildman–Crippen LogP) is 8.93. The molecule has 2 aliphatic carbocycles. The molecule has 0 radical (unpaired) electrons. The molecule has 29 heavy (non-hydrogen) atoms. The molecule has 0 aromatic heterocycles. The van der Waals surface area contributed by atoms with E-state index in [1.54, 1.807) is 12.1 Å². The molecule has 1 nitrogen and oxygen atoms in total. The molecule has 2 saturated carbocycles. The van der Waals surface area contributed by atoms with Gasteiger partial charge >= 0.3 is 0 Å². The topological polar surface area (TPSA) is 9.23 Å². The second kappa shape index (κ2) is 13.0. The molecule has 0 amide bonds. The van der Waals surface area contributed by atoms with E-state index in [0.717, 1.165) is 43.4 Å². The molecule has 0 saturated heterocycles. The molecule has 0 heterocycles. The Morgan fingerprint density at radius 3 is 1.93 bits per heavy atom. The third-order valence-electron chi connectivity index (χ3n) is 6.77. The van der Waals surface area contributed by atoms with E-state index < -0.39 is 11.6 Å². The highest BCUT2D eigenvalue weighted by atomic mass is 19.2. The van der Waals surface area contributed by atoms with Crippen molar-refractivity contribution in [3.8, 4) is 5.75 Å². The Hall–Kier alpha value is -1.38. The molecule has 0 bridgehead atoms. The summed E-state index contributed by atoms with van der Waals surface area (Å²) in [5.74, 6) is 1.08. The average Bonchev–Trinajstić information content (AvgIpc) is 2.69. The number of hydrogen-bond acceptors (Lipinski definition) is 1. The van der Waals surface area contributed by atoms with Crippen LogP contribution in [0.4, 0.5) is 8.78 Å². The summed E-state index contributed by atoms with van der Waals surface area (Å²) in [5, 5.41) is 0. The first-order valence-electron chi connectivity index (χ1n) is 10.3. The molecule has 0 spiro atoms. The van der Waals surface area contributed by atoms with E-state index in [2.05, 4.69) is 19.1 Å². The van der Waals surface area contributed by atoms with Crippen LogP contribution in [0.25, 0.3) is 0 Å². The molecular formula is C26H44F2O. The van der Waals surface area contributed by atoms with Gasteiger partial charge < -0.3 is 4.74 Å². The smallest absolute Gasteiger partial charge is 0.200 e. The van der Waals surface area contributed by atoms with Crippen LogP contribution in [0.3, 0.4) is 0 Å². The average molecular weight is 411 g/mol. The van der Waals surface area contributed by atoms with Crippen LogP contribution in [0.15, 0.2) is 24.3 Å². The van der Waals surface area contributed by atoms with Crippen molar-refractivity contribution in [2.24, 2.45) is 17.8 Å². The van der Waals surface area contributed by atoms with E-state index in [4.69, 9.17) is 4.74 Å². The Balaban J connectivity index is 0.00000261. The number of hydrogen-bond donors (Lipinski definition) is 0. The lowest BCUT2D eigenvalue weighted by Gasteiger charge is -2.38. The molecule has 1 aromatic carbocycles. The maximum atomic E-state index is 14.4. The van der Waals surface area contributed by atoms with Crippen molar-refractivity contribution in [2.45, 2.75) is 92.9 Å². The second-order valence-electron chi connectivity index (χ2n) is 8.18. The molecule has 0 unspecified atom stereocenters. The summed E-state index contributed by atoms with van der Waals surface area (Å²) in [6.07, 6.45) is 15.4. The van der Waals surface area contributed by atoms with Crippen LogP contribution in [0.5, 0.6) is 5.75 Å². The SMILES string of the molecule is C.C.C.CC=CCC1CCC(C2CCC(c3ccc(OC)c(F)c3F)CC2)CC1. The lowest BCUT2D eigenvalue weighted by molar-refractivity contribution is 0.160. The van der Waals surface area contributed by atoms with Crippen molar-refractivity contribution in [3.05, 3.63) is 41.5 Å². The summed E-state index contributed by atoms with van der Waals surface area (Å²) in [5.41, 5.74) is 0.539. The van der Waals surface area contributed by atoms with E-state index in [1.165, 1.54) is 39.2 Å². The normalized spacial score (nSPS) is 26.8. The first-order valence-corrected chi connectivity index (χ1v) is 10.3. The molecule has 3 heteroatoms. The molecule has 2 fully saturated rings. The van der Waals surface area contributed by atoms with Crippen molar-refractivity contribution >= 4 is 0 Å². The molecule has 3 rings (SSSR count). The molecule has 0 atom stereocenters. The monoisotopic (exact) mass is 410 g/mol. The first-order chi connectivity index (χ1) is 12.6. The van der Waals surface area contributed by atoms with Crippen molar-refractivity contribution in [3.63, 3.8) is 0 Å². The van der Waals surface area contributed by atoms with Gasteiger partial charge in [-0.1, -0.05) is 40.5 Å². The molecular weight excluding hydrogens is 366 g/mol. The quantitative estimate of drug-likeness (QED) is 0.440. The van der Waals surface area contributed by atoms with Crippen LogP contribution in [-0.2, 0) is 0 Å². The van der Waals surface area contributed by atoms with Crippen LogP contribution in [-0.4, -0.2) is 7.11 Å². The zero-order valence-corrected chi connectivity index (χ0v) is 16.1. The van der Waals surface area contributed by atoms with Gasteiger partial charge in [0.25, 0.3) is 0 Å². The van der Waals surface area contributed by atoms with Gasteiger partial charge in [0, 0.05) is 0 Å². The summed E-state index contributed by atoms with van der Waals surface area (Å²) in [7, 11) is 1.37. The fourth-order valence-electron chi connectivity index (χ4n) is 5.15. The maximum Gasteiger partial charge on any atom is 0.200 e. The zero-order chi connectivity index (χ0) is 18.5. The van der Waals surface area contributed by atoms with E-state index in [9.17, 15) is 8.78 Å². The number of benzene rings is 1. The highest BCUT2D eigenvalue weighted by Gasteiger charge is 2.32. The van der Waals surface area contributed by atoms with Crippen molar-refractivity contribution < 1.29 is 13.5 Å². The molecule has 1 aromatic rings. The number of rotatable bonds is 5. The Morgan fingerprint density at radius 2 is 1.41 bits per heavy atom. The van der Waals surface area contributed by atoms with Gasteiger partial charge in [0.15, 0.2) is 11.6 Å². The number of methoxy groups -OCH3 is 1. The third-order valence-corrected chi connectivity index (χ3v) is 6.77. The van der Waals surface area contributed by atoms with Gasteiger partial charge in [-0.3, -0.25) is 0 Å². The summed E-state index contributed by atoms with van der Waals surface area (Å²) in [6.45, 7) is 2.10. The Labute approximate surface area is 178 Å². The van der Waals surface area contributed by atoms with Gasteiger partial charge in [-0.05, 0) is 100 Å². The second-order valence-corrected chi connectivity index (χ2v) is 8.18. The van der Waals surface area contributed by atoms with Crippen molar-refractivity contribution in [2.75, 3.05) is 7.11 Å². The molecule has 168 valence electrons. The summed E-state index contributed by atoms with van der Waals surface area (Å²) >= 11 is 0. The standard InChI is InChI=1S/C23H32F2O.3CH4/c1-3-4-5-16-6-8-17(9-7-16)18-10-12-19(13-11-18)20-14-15-21(26-2)23(25)22(20)24;;;/h3-4,14-19H,5-13H2,1-2H3;3*1H4. The van der Waals surface area contributed by atoms with Gasteiger partial charge in [-0.15, -0.1) is 0 Å². The van der Waals surface area contributed by atoms with Crippen LogP contribution >= 0.6 is 0 Å². The fourth-order valence-corrected chi connectivity index (χ4v) is 5.15. The van der Waals surface area contributed by atoms with Crippen LogP contribution in [0, 0.1) is 29.4 Å². The van der Waals surface area contributed by atoms with E-state index in [0.29, 0.717) is 5.56 Å². The number of halogens is 2. The summed E-state index contributed by atoms with van der Waals surface area (Å²) < 4.78 is 33.3. The van der Waals surface area contributed by atoms with Crippen LogP contribution in [0.2, 0.25) is 0 Å². The lowest BCUT2D eigenvalue weighted by Crippen LogP contribution is -2.25.